The molecule has 11 nitrogen and oxygen atoms in total. The monoisotopic (exact) mass is 547 g/mol. The zero-order valence-electron chi connectivity index (χ0n) is 21.0. The van der Waals surface area contributed by atoms with E-state index in [1.165, 1.54) is 22.5 Å². The molecule has 1 aliphatic heterocycles. The van der Waals surface area contributed by atoms with Crippen LogP contribution in [0, 0.1) is 10.1 Å². The number of nitrogens with zero attached hydrogens (tertiary/aromatic N) is 5. The molecule has 1 saturated heterocycles. The lowest BCUT2D eigenvalue weighted by Gasteiger charge is -2.34. The summed E-state index contributed by atoms with van der Waals surface area (Å²) in [6.07, 6.45) is 1.68. The Hall–Kier alpha value is -4.55. The van der Waals surface area contributed by atoms with Crippen LogP contribution in [0.4, 0.5) is 5.69 Å². The van der Waals surface area contributed by atoms with E-state index in [4.69, 9.17) is 9.84 Å². The number of hydrogen-bond donors (Lipinski definition) is 0. The van der Waals surface area contributed by atoms with Crippen molar-refractivity contribution in [3.8, 4) is 22.7 Å². The number of benzene rings is 3. The van der Waals surface area contributed by atoms with Gasteiger partial charge in [0.2, 0.25) is 10.0 Å². The van der Waals surface area contributed by atoms with Gasteiger partial charge in [-0.3, -0.25) is 14.9 Å². The van der Waals surface area contributed by atoms with E-state index in [1.54, 1.807) is 35.0 Å². The summed E-state index contributed by atoms with van der Waals surface area (Å²) in [6, 6.07) is 21.6. The van der Waals surface area contributed by atoms with E-state index in [2.05, 4.69) is 0 Å². The van der Waals surface area contributed by atoms with Crippen LogP contribution in [0.2, 0.25) is 0 Å². The van der Waals surface area contributed by atoms with Crippen molar-refractivity contribution in [2.24, 2.45) is 0 Å². The molecule has 39 heavy (non-hydrogen) atoms. The number of carbonyl (C=O) groups is 1. The Labute approximate surface area is 225 Å². The first-order valence-electron chi connectivity index (χ1n) is 12.1. The molecule has 200 valence electrons. The van der Waals surface area contributed by atoms with Crippen molar-refractivity contribution < 1.29 is 22.9 Å². The molecule has 3 aromatic carbocycles. The Morgan fingerprint density at radius 2 is 1.64 bits per heavy atom. The first-order chi connectivity index (χ1) is 18.8. The standard InChI is InChI=1S/C27H25N5O6S/c1-38-23-12-10-20(11-13-23)26-25(19-31(28-26)21-6-3-2-4-7-21)27(33)29-14-16-30(17-15-29)39(36,37)24-9-5-8-22(18-24)32(34)35/h2-13,18-19H,14-17H2,1H3. The smallest absolute Gasteiger partial charge is 0.270 e. The van der Waals surface area contributed by atoms with Gasteiger partial charge in [0.05, 0.1) is 28.2 Å². The second-order valence-corrected chi connectivity index (χ2v) is 10.8. The first kappa shape index (κ1) is 26.1. The van der Waals surface area contributed by atoms with Crippen molar-refractivity contribution in [1.82, 2.24) is 19.0 Å². The van der Waals surface area contributed by atoms with Crippen LogP contribution in [0.3, 0.4) is 0 Å². The van der Waals surface area contributed by atoms with Gasteiger partial charge in [-0.15, -0.1) is 0 Å². The number of rotatable bonds is 7. The number of nitro groups is 1. The minimum absolute atomic E-state index is 0.0570. The van der Waals surface area contributed by atoms with E-state index in [0.717, 1.165) is 17.3 Å². The predicted octanol–water partition coefficient (Wildman–Crippen LogP) is 3.60. The van der Waals surface area contributed by atoms with E-state index in [9.17, 15) is 23.3 Å². The van der Waals surface area contributed by atoms with Crippen molar-refractivity contribution in [2.45, 2.75) is 4.90 Å². The fourth-order valence-corrected chi connectivity index (χ4v) is 5.88. The van der Waals surface area contributed by atoms with Crippen molar-refractivity contribution in [3.05, 3.63) is 101 Å². The number of carbonyl (C=O) groups excluding carboxylic acids is 1. The highest BCUT2D eigenvalue weighted by Crippen LogP contribution is 2.28. The maximum absolute atomic E-state index is 13.7. The maximum atomic E-state index is 13.7. The van der Waals surface area contributed by atoms with Gasteiger partial charge in [0.15, 0.2) is 0 Å². The Morgan fingerprint density at radius 3 is 2.28 bits per heavy atom. The Bertz CT molecular complexity index is 1610. The summed E-state index contributed by atoms with van der Waals surface area (Å²) in [4.78, 5) is 25.6. The SMILES string of the molecule is COc1ccc(-c2nn(-c3ccccc3)cc2C(=O)N2CCN(S(=O)(=O)c3cccc([N+](=O)[O-])c3)CC2)cc1. The van der Waals surface area contributed by atoms with Gasteiger partial charge in [-0.1, -0.05) is 24.3 Å². The summed E-state index contributed by atoms with van der Waals surface area (Å²) in [5.74, 6) is 0.408. The van der Waals surface area contributed by atoms with Gasteiger partial charge in [0, 0.05) is 50.1 Å². The summed E-state index contributed by atoms with van der Waals surface area (Å²) < 4.78 is 34.4. The number of sulfonamides is 1. The zero-order valence-corrected chi connectivity index (χ0v) is 21.8. The van der Waals surface area contributed by atoms with Crippen LogP contribution in [0.5, 0.6) is 5.75 Å². The highest BCUT2D eigenvalue weighted by Gasteiger charge is 2.32. The lowest BCUT2D eigenvalue weighted by atomic mass is 10.1. The highest BCUT2D eigenvalue weighted by molar-refractivity contribution is 7.89. The molecule has 12 heteroatoms. The number of piperazine rings is 1. The maximum Gasteiger partial charge on any atom is 0.270 e. The van der Waals surface area contributed by atoms with Crippen molar-refractivity contribution in [1.29, 1.82) is 0 Å². The van der Waals surface area contributed by atoms with E-state index in [0.29, 0.717) is 17.0 Å². The van der Waals surface area contributed by atoms with E-state index < -0.39 is 14.9 Å². The summed E-state index contributed by atoms with van der Waals surface area (Å²) in [5, 5.41) is 15.8. The average molecular weight is 548 g/mol. The fourth-order valence-electron chi connectivity index (χ4n) is 4.41. The molecule has 2 heterocycles. The second kappa shape index (κ2) is 10.7. The quantitative estimate of drug-likeness (QED) is 0.255. The normalized spacial score (nSPS) is 14.2. The van der Waals surface area contributed by atoms with E-state index >= 15 is 0 Å². The molecule has 5 rings (SSSR count). The summed E-state index contributed by atoms with van der Waals surface area (Å²) in [5.41, 5.74) is 2.11. The molecule has 0 aliphatic carbocycles. The molecule has 0 N–H and O–H groups in total. The van der Waals surface area contributed by atoms with Crippen LogP contribution in [0.25, 0.3) is 16.9 Å². The molecule has 1 aromatic heterocycles. The van der Waals surface area contributed by atoms with Crippen LogP contribution in [0.1, 0.15) is 10.4 Å². The molecule has 0 saturated carbocycles. The number of methoxy groups -OCH3 is 1. The number of non-ortho nitro benzene ring substituents is 1. The number of ether oxygens (including phenoxy) is 1. The fraction of sp³-hybridized carbons (Fsp3) is 0.185. The second-order valence-electron chi connectivity index (χ2n) is 8.85. The van der Waals surface area contributed by atoms with Crippen LogP contribution in [-0.2, 0) is 10.0 Å². The van der Waals surface area contributed by atoms with Crippen LogP contribution in [0.15, 0.2) is 90.0 Å². The van der Waals surface area contributed by atoms with Crippen LogP contribution >= 0.6 is 0 Å². The predicted molar refractivity (Wildman–Crippen MR) is 143 cm³/mol. The molecule has 0 spiro atoms. The topological polar surface area (TPSA) is 128 Å². The number of nitro benzene ring substituents is 1. The number of para-hydroxylation sites is 1. The Balaban J connectivity index is 1.39. The van der Waals surface area contributed by atoms with E-state index in [-0.39, 0.29) is 42.7 Å². The summed E-state index contributed by atoms with van der Waals surface area (Å²) in [6.45, 7) is 0.431. The van der Waals surface area contributed by atoms with Gasteiger partial charge in [0.1, 0.15) is 11.4 Å². The zero-order chi connectivity index (χ0) is 27.6. The molecule has 0 radical (unpaired) electrons. The lowest BCUT2D eigenvalue weighted by molar-refractivity contribution is -0.385. The third kappa shape index (κ3) is 5.24. The lowest BCUT2D eigenvalue weighted by Crippen LogP contribution is -2.50. The van der Waals surface area contributed by atoms with Crippen molar-refractivity contribution >= 4 is 21.6 Å². The minimum Gasteiger partial charge on any atom is -0.497 e. The number of amides is 1. The number of aromatic nitrogens is 2. The molecular formula is C27H25N5O6S. The third-order valence-corrected chi connectivity index (χ3v) is 8.42. The Morgan fingerprint density at radius 1 is 0.949 bits per heavy atom. The average Bonchev–Trinajstić information content (AvgIpc) is 3.43. The van der Waals surface area contributed by atoms with Crippen molar-refractivity contribution in [2.75, 3.05) is 33.3 Å². The molecule has 1 amide bonds. The molecule has 1 fully saturated rings. The molecule has 4 aromatic rings. The van der Waals surface area contributed by atoms with Gasteiger partial charge in [-0.05, 0) is 42.5 Å². The summed E-state index contributed by atoms with van der Waals surface area (Å²) in [7, 11) is -2.38. The molecule has 0 bridgehead atoms. The van der Waals surface area contributed by atoms with Crippen molar-refractivity contribution in [3.63, 3.8) is 0 Å². The molecular weight excluding hydrogens is 522 g/mol. The number of hydrogen-bond acceptors (Lipinski definition) is 7. The summed E-state index contributed by atoms with van der Waals surface area (Å²) >= 11 is 0. The van der Waals surface area contributed by atoms with Crippen LogP contribution in [-0.4, -0.2) is 71.5 Å². The van der Waals surface area contributed by atoms with Gasteiger partial charge in [-0.2, -0.15) is 9.40 Å². The van der Waals surface area contributed by atoms with Crippen LogP contribution < -0.4 is 4.74 Å². The Kier molecular flexibility index (Phi) is 7.13. The molecule has 0 atom stereocenters. The highest BCUT2D eigenvalue weighted by atomic mass is 32.2. The minimum atomic E-state index is -3.96. The molecule has 1 aliphatic rings. The van der Waals surface area contributed by atoms with E-state index in [1.807, 2.05) is 42.5 Å². The largest absolute Gasteiger partial charge is 0.497 e. The van der Waals surface area contributed by atoms with Gasteiger partial charge in [0.25, 0.3) is 11.6 Å². The van der Waals surface area contributed by atoms with Gasteiger partial charge in [-0.25, -0.2) is 13.1 Å². The van der Waals surface area contributed by atoms with Gasteiger partial charge < -0.3 is 9.64 Å². The van der Waals surface area contributed by atoms with Gasteiger partial charge >= 0.3 is 0 Å². The first-order valence-corrected chi connectivity index (χ1v) is 13.6. The third-order valence-electron chi connectivity index (χ3n) is 6.52. The molecule has 0 unspecified atom stereocenters.